The molecule has 1 fully saturated rings. The maximum absolute atomic E-state index is 13.4. The lowest BCUT2D eigenvalue weighted by molar-refractivity contribution is -0.128. The van der Waals surface area contributed by atoms with E-state index in [2.05, 4.69) is 5.38 Å². The molecular weight excluding hydrogens is 359 g/mol. The highest BCUT2D eigenvalue weighted by Crippen LogP contribution is 2.39. The first-order chi connectivity index (χ1) is 12.1. The third kappa shape index (κ3) is 4.04. The van der Waals surface area contributed by atoms with Crippen molar-refractivity contribution in [2.45, 2.75) is 12.3 Å². The molecule has 0 bridgehead atoms. The average Bonchev–Trinajstić information content (AvgIpc) is 3.25. The Morgan fingerprint density at radius 1 is 1.40 bits per heavy atom. The molecule has 7 heteroatoms. The lowest BCUT2D eigenvalue weighted by atomic mass is 10.2. The number of likely N-dealkylation sites (N-methyl/N-ethyl adjacent to an activating group) is 1. The third-order valence-corrected chi connectivity index (χ3v) is 6.11. The Balaban J connectivity index is 1.67. The van der Waals surface area contributed by atoms with Gasteiger partial charge in [-0.15, -0.1) is 11.8 Å². The Morgan fingerprint density at radius 2 is 2.24 bits per heavy atom. The summed E-state index contributed by atoms with van der Waals surface area (Å²) in [7, 11) is 0. The van der Waals surface area contributed by atoms with Crippen molar-refractivity contribution in [1.82, 2.24) is 9.80 Å². The van der Waals surface area contributed by atoms with Crippen LogP contribution in [0.25, 0.3) is 0 Å². The van der Waals surface area contributed by atoms with Crippen LogP contribution < -0.4 is 0 Å². The molecule has 2 amide bonds. The van der Waals surface area contributed by atoms with Crippen LogP contribution in [0, 0.1) is 5.82 Å². The molecule has 1 atom stereocenters. The minimum Gasteiger partial charge on any atom is -0.337 e. The Bertz CT molecular complexity index is 751. The van der Waals surface area contributed by atoms with Gasteiger partial charge in [-0.3, -0.25) is 9.59 Å². The quantitative estimate of drug-likeness (QED) is 0.771. The topological polar surface area (TPSA) is 40.6 Å². The second-order valence-corrected chi connectivity index (χ2v) is 7.55. The number of halogens is 1. The van der Waals surface area contributed by atoms with Crippen molar-refractivity contribution >= 4 is 34.9 Å². The summed E-state index contributed by atoms with van der Waals surface area (Å²) < 4.78 is 13.4. The fraction of sp³-hybridized carbons (Fsp3) is 0.333. The van der Waals surface area contributed by atoms with Crippen LogP contribution in [0.4, 0.5) is 4.39 Å². The summed E-state index contributed by atoms with van der Waals surface area (Å²) in [6, 6.07) is 7.74. The summed E-state index contributed by atoms with van der Waals surface area (Å²) in [5.41, 5.74) is 1.46. The van der Waals surface area contributed by atoms with Crippen LogP contribution >= 0.6 is 23.1 Å². The largest absolute Gasteiger partial charge is 0.337 e. The van der Waals surface area contributed by atoms with E-state index in [9.17, 15) is 14.0 Å². The number of thiophene rings is 1. The van der Waals surface area contributed by atoms with E-state index < -0.39 is 5.82 Å². The zero-order valence-electron chi connectivity index (χ0n) is 13.9. The molecule has 0 N–H and O–H groups in total. The Kier molecular flexibility index (Phi) is 5.75. The minimum atomic E-state index is -0.425. The summed E-state index contributed by atoms with van der Waals surface area (Å²) in [6.07, 6.45) is 0. The summed E-state index contributed by atoms with van der Waals surface area (Å²) in [6.45, 7) is 3.29. The molecule has 0 aliphatic carbocycles. The number of rotatable bonds is 6. The number of nitrogens with zero attached hydrogens (tertiary/aromatic N) is 2. The van der Waals surface area contributed by atoms with Crippen LogP contribution in [-0.2, 0) is 4.79 Å². The first-order valence-corrected chi connectivity index (χ1v) is 10.1. The number of benzene rings is 1. The SMILES string of the molecule is CCN(CCN1C(=O)CSC1c1ccsc1)C(=O)c1cccc(F)c1. The Morgan fingerprint density at radius 3 is 2.92 bits per heavy atom. The number of hydrogen-bond acceptors (Lipinski definition) is 4. The molecular formula is C18H19FN2O2S2. The van der Waals surface area contributed by atoms with Crippen molar-refractivity contribution in [3.05, 3.63) is 58.0 Å². The van der Waals surface area contributed by atoms with E-state index in [1.807, 2.05) is 23.3 Å². The molecule has 0 spiro atoms. The van der Waals surface area contributed by atoms with Gasteiger partial charge < -0.3 is 9.80 Å². The van der Waals surface area contributed by atoms with Gasteiger partial charge in [-0.05, 0) is 47.5 Å². The van der Waals surface area contributed by atoms with Gasteiger partial charge in [0.1, 0.15) is 11.2 Å². The van der Waals surface area contributed by atoms with Crippen molar-refractivity contribution in [3.8, 4) is 0 Å². The molecule has 132 valence electrons. The molecule has 4 nitrogen and oxygen atoms in total. The smallest absolute Gasteiger partial charge is 0.254 e. The summed E-state index contributed by atoms with van der Waals surface area (Å²) >= 11 is 3.22. The Labute approximate surface area is 154 Å². The average molecular weight is 378 g/mol. The van der Waals surface area contributed by atoms with Gasteiger partial charge in [0, 0.05) is 25.2 Å². The molecule has 2 heterocycles. The summed E-state index contributed by atoms with van der Waals surface area (Å²) in [5, 5.41) is 4.07. The molecule has 2 aromatic rings. The second-order valence-electron chi connectivity index (χ2n) is 5.70. The Hall–Kier alpha value is -1.86. The van der Waals surface area contributed by atoms with Crippen LogP contribution in [0.15, 0.2) is 41.1 Å². The van der Waals surface area contributed by atoms with Crippen molar-refractivity contribution in [2.75, 3.05) is 25.4 Å². The molecule has 1 unspecified atom stereocenters. The maximum atomic E-state index is 13.4. The lowest BCUT2D eigenvalue weighted by Crippen LogP contribution is -2.40. The van der Waals surface area contributed by atoms with E-state index >= 15 is 0 Å². The maximum Gasteiger partial charge on any atom is 0.254 e. The van der Waals surface area contributed by atoms with Gasteiger partial charge >= 0.3 is 0 Å². The second kappa shape index (κ2) is 8.01. The van der Waals surface area contributed by atoms with Crippen LogP contribution in [0.5, 0.6) is 0 Å². The van der Waals surface area contributed by atoms with E-state index in [1.165, 1.54) is 18.2 Å². The van der Waals surface area contributed by atoms with E-state index in [4.69, 9.17) is 0 Å². The molecule has 1 aromatic carbocycles. The van der Waals surface area contributed by atoms with E-state index in [0.29, 0.717) is 31.0 Å². The predicted molar refractivity (Wildman–Crippen MR) is 99.2 cm³/mol. The highest BCUT2D eigenvalue weighted by molar-refractivity contribution is 8.00. The van der Waals surface area contributed by atoms with Crippen molar-refractivity contribution in [2.24, 2.45) is 0 Å². The van der Waals surface area contributed by atoms with Gasteiger partial charge in [-0.2, -0.15) is 11.3 Å². The zero-order chi connectivity index (χ0) is 17.8. The predicted octanol–water partition coefficient (Wildman–Crippen LogP) is 3.62. The molecule has 25 heavy (non-hydrogen) atoms. The van der Waals surface area contributed by atoms with Crippen molar-refractivity contribution < 1.29 is 14.0 Å². The lowest BCUT2D eigenvalue weighted by Gasteiger charge is -2.28. The van der Waals surface area contributed by atoms with Crippen LogP contribution in [-0.4, -0.2) is 47.0 Å². The number of carbonyl (C=O) groups is 2. The van der Waals surface area contributed by atoms with Crippen LogP contribution in [0.1, 0.15) is 28.2 Å². The monoisotopic (exact) mass is 378 g/mol. The number of carbonyl (C=O) groups excluding carboxylic acids is 2. The summed E-state index contributed by atoms with van der Waals surface area (Å²) in [4.78, 5) is 28.3. The first-order valence-electron chi connectivity index (χ1n) is 8.08. The van der Waals surface area contributed by atoms with Crippen LogP contribution in [0.2, 0.25) is 0 Å². The molecule has 1 saturated heterocycles. The number of hydrogen-bond donors (Lipinski definition) is 0. The molecule has 0 saturated carbocycles. The highest BCUT2D eigenvalue weighted by Gasteiger charge is 2.33. The molecule has 3 rings (SSSR count). The van der Waals surface area contributed by atoms with Gasteiger partial charge in [-0.1, -0.05) is 6.07 Å². The number of thioether (sulfide) groups is 1. The number of amides is 2. The van der Waals surface area contributed by atoms with Gasteiger partial charge in [-0.25, -0.2) is 4.39 Å². The van der Waals surface area contributed by atoms with Gasteiger partial charge in [0.2, 0.25) is 5.91 Å². The van der Waals surface area contributed by atoms with Crippen molar-refractivity contribution in [1.29, 1.82) is 0 Å². The van der Waals surface area contributed by atoms with E-state index in [1.54, 1.807) is 34.1 Å². The fourth-order valence-electron chi connectivity index (χ4n) is 2.82. The zero-order valence-corrected chi connectivity index (χ0v) is 15.5. The summed E-state index contributed by atoms with van der Waals surface area (Å²) in [5.74, 6) is -0.0841. The normalized spacial score (nSPS) is 17.1. The molecule has 1 aliphatic heterocycles. The van der Waals surface area contributed by atoms with E-state index in [-0.39, 0.29) is 17.2 Å². The highest BCUT2D eigenvalue weighted by atomic mass is 32.2. The first kappa shape index (κ1) is 17.9. The van der Waals surface area contributed by atoms with Crippen LogP contribution in [0.3, 0.4) is 0 Å². The standard InChI is InChI=1S/C18H19FN2O2S2/c1-2-20(17(23)13-4-3-5-15(19)10-13)7-8-21-16(22)12-25-18(21)14-6-9-24-11-14/h3-6,9-11,18H,2,7-8,12H2,1H3. The van der Waals surface area contributed by atoms with Gasteiger partial charge in [0.25, 0.3) is 5.91 Å². The van der Waals surface area contributed by atoms with Gasteiger partial charge in [0.05, 0.1) is 5.75 Å². The minimum absolute atomic E-state index is 0.0155. The molecule has 0 radical (unpaired) electrons. The fourth-order valence-corrected chi connectivity index (χ4v) is 4.80. The molecule has 1 aromatic heterocycles. The molecule has 1 aliphatic rings. The van der Waals surface area contributed by atoms with Crippen molar-refractivity contribution in [3.63, 3.8) is 0 Å². The van der Waals surface area contributed by atoms with E-state index in [0.717, 1.165) is 5.56 Å². The van der Waals surface area contributed by atoms with Gasteiger partial charge in [0.15, 0.2) is 0 Å². The third-order valence-electron chi connectivity index (χ3n) is 4.15.